The summed E-state index contributed by atoms with van der Waals surface area (Å²) in [6, 6.07) is 13.1. The lowest BCUT2D eigenvalue weighted by Gasteiger charge is -2.10. The zero-order chi connectivity index (χ0) is 12.5. The number of aryl methyl sites for hydroxylation is 1. The van der Waals surface area contributed by atoms with Gasteiger partial charge in [0.05, 0.1) is 0 Å². The van der Waals surface area contributed by atoms with Crippen molar-refractivity contribution in [3.8, 4) is 11.1 Å². The Bertz CT molecular complexity index is 584. The summed E-state index contributed by atoms with van der Waals surface area (Å²) in [6.07, 6.45) is 4.54. The van der Waals surface area contributed by atoms with E-state index in [9.17, 15) is 0 Å². The van der Waals surface area contributed by atoms with Crippen LogP contribution in [-0.4, -0.2) is 0 Å². The predicted octanol–water partition coefficient (Wildman–Crippen LogP) is 4.18. The molecule has 18 heavy (non-hydrogen) atoms. The van der Waals surface area contributed by atoms with Gasteiger partial charge in [0.1, 0.15) is 0 Å². The van der Waals surface area contributed by atoms with Crippen LogP contribution in [0, 0.1) is 0 Å². The molecule has 0 spiro atoms. The van der Waals surface area contributed by atoms with E-state index in [1.165, 1.54) is 40.7 Å². The molecule has 2 aromatic rings. The number of nitrogen functional groups attached to an aromatic ring is 1. The third-order valence-electron chi connectivity index (χ3n) is 3.92. The first-order valence-electron chi connectivity index (χ1n) is 6.79. The first-order chi connectivity index (χ1) is 8.81. The van der Waals surface area contributed by atoms with E-state index in [1.54, 1.807) is 0 Å². The Kier molecular flexibility index (Phi) is 2.83. The Hall–Kier alpha value is -1.76. The molecule has 0 radical (unpaired) electrons. The number of anilines is 1. The highest BCUT2D eigenvalue weighted by Crippen LogP contribution is 2.40. The molecule has 1 nitrogen and oxygen atoms in total. The maximum absolute atomic E-state index is 6.35. The lowest BCUT2D eigenvalue weighted by Crippen LogP contribution is -1.99. The smallest absolute Gasteiger partial charge is 0.0388 e. The van der Waals surface area contributed by atoms with Crippen molar-refractivity contribution >= 4 is 5.69 Å². The molecule has 0 aromatic heterocycles. The number of nitrogens with two attached hydrogens (primary N) is 1. The van der Waals surface area contributed by atoms with Crippen molar-refractivity contribution in [2.24, 2.45) is 0 Å². The van der Waals surface area contributed by atoms with Gasteiger partial charge in [-0.15, -0.1) is 0 Å². The second-order valence-electron chi connectivity index (χ2n) is 5.10. The zero-order valence-electron chi connectivity index (χ0n) is 10.9. The molecule has 2 aromatic carbocycles. The van der Waals surface area contributed by atoms with Gasteiger partial charge in [-0.25, -0.2) is 0 Å². The summed E-state index contributed by atoms with van der Waals surface area (Å²) in [5, 5.41) is 0. The van der Waals surface area contributed by atoms with Crippen LogP contribution in [0.1, 0.15) is 36.5 Å². The maximum atomic E-state index is 6.35. The molecular weight excluding hydrogens is 218 g/mol. The van der Waals surface area contributed by atoms with Crippen LogP contribution in [0.25, 0.3) is 11.1 Å². The lowest BCUT2D eigenvalue weighted by molar-refractivity contribution is 0.796. The topological polar surface area (TPSA) is 26.0 Å². The number of unbranched alkanes of at least 4 members (excludes halogenated alkanes) is 1. The van der Waals surface area contributed by atoms with Gasteiger partial charge in [-0.3, -0.25) is 0 Å². The fourth-order valence-corrected chi connectivity index (χ4v) is 2.87. The summed E-state index contributed by atoms with van der Waals surface area (Å²) in [6.45, 7) is 2.22. The van der Waals surface area contributed by atoms with Crippen LogP contribution in [0.3, 0.4) is 0 Å². The van der Waals surface area contributed by atoms with Crippen molar-refractivity contribution in [3.05, 3.63) is 53.1 Å². The minimum atomic E-state index is 0.997. The van der Waals surface area contributed by atoms with Crippen LogP contribution >= 0.6 is 0 Å². The Morgan fingerprint density at radius 3 is 2.72 bits per heavy atom. The molecule has 0 fully saturated rings. The Labute approximate surface area is 109 Å². The normalized spacial score (nSPS) is 12.3. The molecule has 0 amide bonds. The van der Waals surface area contributed by atoms with E-state index < -0.39 is 0 Å². The molecule has 0 bridgehead atoms. The SMILES string of the molecule is CCCCc1ccc2c(c1N)Cc1ccccc1-2. The van der Waals surface area contributed by atoms with E-state index in [4.69, 9.17) is 5.73 Å². The van der Waals surface area contributed by atoms with Crippen LogP contribution in [0.5, 0.6) is 0 Å². The number of benzene rings is 2. The maximum Gasteiger partial charge on any atom is 0.0388 e. The van der Waals surface area contributed by atoms with E-state index in [-0.39, 0.29) is 0 Å². The molecule has 92 valence electrons. The predicted molar refractivity (Wildman–Crippen MR) is 77.7 cm³/mol. The Balaban J connectivity index is 2.04. The first kappa shape index (κ1) is 11.3. The number of hydrogen-bond donors (Lipinski definition) is 1. The standard InChI is InChI=1S/C17H19N/c1-2-3-6-12-9-10-15-14-8-5-4-7-13(14)11-16(15)17(12)18/h4-5,7-10H,2-3,6,11,18H2,1H3. The number of hydrogen-bond acceptors (Lipinski definition) is 1. The van der Waals surface area contributed by atoms with Crippen LogP contribution in [0.4, 0.5) is 5.69 Å². The van der Waals surface area contributed by atoms with E-state index in [2.05, 4.69) is 43.3 Å². The fraction of sp³-hybridized carbons (Fsp3) is 0.294. The molecule has 1 aliphatic rings. The lowest BCUT2D eigenvalue weighted by atomic mass is 9.98. The van der Waals surface area contributed by atoms with E-state index >= 15 is 0 Å². The summed E-state index contributed by atoms with van der Waals surface area (Å²) < 4.78 is 0. The largest absolute Gasteiger partial charge is 0.398 e. The van der Waals surface area contributed by atoms with Gasteiger partial charge in [-0.2, -0.15) is 0 Å². The van der Waals surface area contributed by atoms with Crippen molar-refractivity contribution in [1.82, 2.24) is 0 Å². The van der Waals surface area contributed by atoms with Crippen molar-refractivity contribution in [1.29, 1.82) is 0 Å². The van der Waals surface area contributed by atoms with Crippen molar-refractivity contribution in [2.75, 3.05) is 5.73 Å². The van der Waals surface area contributed by atoms with Gasteiger partial charge in [-0.1, -0.05) is 49.7 Å². The third-order valence-corrected chi connectivity index (χ3v) is 3.92. The van der Waals surface area contributed by atoms with Crippen LogP contribution < -0.4 is 5.73 Å². The van der Waals surface area contributed by atoms with Gasteiger partial charge in [0.2, 0.25) is 0 Å². The molecule has 1 aliphatic carbocycles. The quantitative estimate of drug-likeness (QED) is 0.679. The number of rotatable bonds is 3. The van der Waals surface area contributed by atoms with Crippen LogP contribution in [0.15, 0.2) is 36.4 Å². The van der Waals surface area contributed by atoms with Gasteiger partial charge in [0, 0.05) is 12.1 Å². The molecule has 1 heteroatoms. The first-order valence-corrected chi connectivity index (χ1v) is 6.79. The third kappa shape index (κ3) is 1.71. The van der Waals surface area contributed by atoms with Gasteiger partial charge in [0.15, 0.2) is 0 Å². The highest BCUT2D eigenvalue weighted by Gasteiger charge is 2.20. The molecule has 3 rings (SSSR count). The summed E-state index contributed by atoms with van der Waals surface area (Å²) in [7, 11) is 0. The zero-order valence-corrected chi connectivity index (χ0v) is 10.9. The van der Waals surface area contributed by atoms with Crippen LogP contribution in [-0.2, 0) is 12.8 Å². The molecule has 2 N–H and O–H groups in total. The Morgan fingerprint density at radius 1 is 1.06 bits per heavy atom. The molecule has 0 saturated carbocycles. The summed E-state index contributed by atoms with van der Waals surface area (Å²) in [5.74, 6) is 0. The average Bonchev–Trinajstić information content (AvgIpc) is 2.78. The molecule has 0 aliphatic heterocycles. The highest BCUT2D eigenvalue weighted by molar-refractivity contribution is 5.82. The van der Waals surface area contributed by atoms with Gasteiger partial charge in [-0.05, 0) is 40.7 Å². The molecule has 0 heterocycles. The highest BCUT2D eigenvalue weighted by atomic mass is 14.6. The molecule has 0 saturated heterocycles. The summed E-state index contributed by atoms with van der Waals surface area (Å²) in [5.41, 5.74) is 14.1. The van der Waals surface area contributed by atoms with Crippen molar-refractivity contribution < 1.29 is 0 Å². The molecular formula is C17H19N. The van der Waals surface area contributed by atoms with Crippen LogP contribution in [0.2, 0.25) is 0 Å². The second-order valence-corrected chi connectivity index (χ2v) is 5.10. The van der Waals surface area contributed by atoms with Crippen molar-refractivity contribution in [3.63, 3.8) is 0 Å². The van der Waals surface area contributed by atoms with Crippen molar-refractivity contribution in [2.45, 2.75) is 32.6 Å². The van der Waals surface area contributed by atoms with E-state index in [1.807, 2.05) is 0 Å². The van der Waals surface area contributed by atoms with E-state index in [0.29, 0.717) is 0 Å². The van der Waals surface area contributed by atoms with Gasteiger partial charge in [0.25, 0.3) is 0 Å². The number of fused-ring (bicyclic) bond motifs is 3. The van der Waals surface area contributed by atoms with Gasteiger partial charge < -0.3 is 5.73 Å². The fourth-order valence-electron chi connectivity index (χ4n) is 2.87. The second kappa shape index (κ2) is 4.49. The average molecular weight is 237 g/mol. The monoisotopic (exact) mass is 237 g/mol. The minimum absolute atomic E-state index is 0.997. The summed E-state index contributed by atoms with van der Waals surface area (Å²) in [4.78, 5) is 0. The molecule has 0 unspecified atom stereocenters. The van der Waals surface area contributed by atoms with Gasteiger partial charge >= 0.3 is 0 Å². The summed E-state index contributed by atoms with van der Waals surface area (Å²) >= 11 is 0. The molecule has 0 atom stereocenters. The van der Waals surface area contributed by atoms with E-state index in [0.717, 1.165) is 18.5 Å². The Morgan fingerprint density at radius 2 is 1.89 bits per heavy atom. The minimum Gasteiger partial charge on any atom is -0.398 e.